The van der Waals surface area contributed by atoms with Crippen LogP contribution in [0.4, 0.5) is 0 Å². The maximum Gasteiger partial charge on any atom is 0.488 e. The largest absolute Gasteiger partial charge is 0.488 e. The molecule has 15 heavy (non-hydrogen) atoms. The van der Waals surface area contributed by atoms with Gasteiger partial charge in [0, 0.05) is 0 Å². The maximum absolute atomic E-state index is 9.19. The molecule has 2 rings (SSSR count). The van der Waals surface area contributed by atoms with Crippen LogP contribution >= 0.6 is 0 Å². The van der Waals surface area contributed by atoms with Gasteiger partial charge in [0.15, 0.2) is 0 Å². The molecule has 0 amide bonds. The van der Waals surface area contributed by atoms with Crippen LogP contribution in [0.1, 0.15) is 11.1 Å². The summed E-state index contributed by atoms with van der Waals surface area (Å²) < 4.78 is 0. The van der Waals surface area contributed by atoms with Crippen molar-refractivity contribution in [2.45, 2.75) is 6.42 Å². The second-order valence-electron chi connectivity index (χ2n) is 3.52. The van der Waals surface area contributed by atoms with Gasteiger partial charge in [0.25, 0.3) is 0 Å². The molecule has 1 aromatic rings. The van der Waals surface area contributed by atoms with E-state index in [0.717, 1.165) is 5.56 Å². The van der Waals surface area contributed by atoms with E-state index in [1.807, 2.05) is 12.1 Å². The average molecular weight is 204 g/mol. The van der Waals surface area contributed by atoms with Crippen molar-refractivity contribution in [3.63, 3.8) is 0 Å². The van der Waals surface area contributed by atoms with Gasteiger partial charge < -0.3 is 20.1 Å². The predicted molar refractivity (Wildman–Crippen MR) is 57.4 cm³/mol. The Kier molecular flexibility index (Phi) is 2.67. The molecule has 0 aromatic heterocycles. The maximum atomic E-state index is 9.19. The van der Waals surface area contributed by atoms with Crippen LogP contribution < -0.4 is 0 Å². The molecule has 0 saturated heterocycles. The van der Waals surface area contributed by atoms with Gasteiger partial charge in [0.05, 0.1) is 0 Å². The third-order valence-corrected chi connectivity index (χ3v) is 2.60. The van der Waals surface area contributed by atoms with E-state index in [1.165, 1.54) is 0 Å². The third-order valence-electron chi connectivity index (χ3n) is 2.60. The Morgan fingerprint density at radius 1 is 0.933 bits per heavy atom. The van der Waals surface area contributed by atoms with Gasteiger partial charge in [-0.1, -0.05) is 24.3 Å². The molecule has 4 N–H and O–H groups in total. The van der Waals surface area contributed by atoms with Crippen LogP contribution in [0.15, 0.2) is 29.7 Å². The second-order valence-corrected chi connectivity index (χ2v) is 3.52. The molecule has 0 fully saturated rings. The number of fused-ring (bicyclic) bond motifs is 1. The Bertz CT molecular complexity index is 414. The quantitative estimate of drug-likeness (QED) is 0.466. The molecule has 1 aliphatic rings. The van der Waals surface area contributed by atoms with Gasteiger partial charge in [-0.2, -0.15) is 0 Å². The summed E-state index contributed by atoms with van der Waals surface area (Å²) in [5.41, 5.74) is 2.02. The van der Waals surface area contributed by atoms with Gasteiger partial charge in [-0.3, -0.25) is 0 Å². The molecule has 4 nitrogen and oxygen atoms in total. The fourth-order valence-corrected chi connectivity index (χ4v) is 1.95. The lowest BCUT2D eigenvalue weighted by Crippen LogP contribution is -2.22. The average Bonchev–Trinajstić information content (AvgIpc) is 2.56. The van der Waals surface area contributed by atoms with Crippen molar-refractivity contribution in [2.24, 2.45) is 0 Å². The van der Waals surface area contributed by atoms with E-state index in [9.17, 15) is 10.0 Å². The first-order valence-electron chi connectivity index (χ1n) is 4.64. The molecule has 0 heterocycles. The summed E-state index contributed by atoms with van der Waals surface area (Å²) in [7, 11) is -3.32. The summed E-state index contributed by atoms with van der Waals surface area (Å²) in [6, 6.07) is 7.16. The fourth-order valence-electron chi connectivity index (χ4n) is 1.95. The van der Waals surface area contributed by atoms with Crippen molar-refractivity contribution in [1.29, 1.82) is 0 Å². The Hall–Kier alpha value is -1.07. The van der Waals surface area contributed by atoms with Gasteiger partial charge in [-0.15, -0.1) is 0 Å². The zero-order valence-electron chi connectivity index (χ0n) is 7.96. The van der Waals surface area contributed by atoms with E-state index >= 15 is 0 Å². The lowest BCUT2D eigenvalue weighted by molar-refractivity contribution is 0.414. The molecular formula is C9H10B2O4. The summed E-state index contributed by atoms with van der Waals surface area (Å²) in [5, 5.41) is 36.6. The Morgan fingerprint density at radius 2 is 1.60 bits per heavy atom. The Labute approximate surface area is 87.8 Å². The van der Waals surface area contributed by atoms with Crippen molar-refractivity contribution in [2.75, 3.05) is 0 Å². The van der Waals surface area contributed by atoms with E-state index in [1.54, 1.807) is 12.1 Å². The highest BCUT2D eigenvalue weighted by atomic mass is 16.4. The standard InChI is InChI=1S/C9H10B2O4/c12-10(13)8-5-6-3-1-2-4-7(6)9(8)11(14)15/h1-4,12-15H,5H2. The number of hydrogen-bond donors (Lipinski definition) is 4. The normalized spacial score (nSPS) is 14.1. The molecular weight excluding hydrogens is 194 g/mol. The van der Waals surface area contributed by atoms with Crippen molar-refractivity contribution in [3.05, 3.63) is 40.9 Å². The smallest absolute Gasteiger partial charge is 0.423 e. The molecule has 0 saturated carbocycles. The molecule has 0 unspecified atom stereocenters. The van der Waals surface area contributed by atoms with Gasteiger partial charge in [0.2, 0.25) is 0 Å². The number of rotatable bonds is 2. The number of allylic oxidation sites excluding steroid dienone is 1. The summed E-state index contributed by atoms with van der Waals surface area (Å²) in [5.74, 6) is 0. The minimum atomic E-state index is -1.68. The molecule has 0 aliphatic heterocycles. The summed E-state index contributed by atoms with van der Waals surface area (Å²) >= 11 is 0. The number of hydrogen-bond acceptors (Lipinski definition) is 4. The van der Waals surface area contributed by atoms with Crippen molar-refractivity contribution < 1.29 is 20.1 Å². The van der Waals surface area contributed by atoms with E-state index in [-0.39, 0.29) is 10.9 Å². The number of benzene rings is 1. The van der Waals surface area contributed by atoms with Crippen LogP contribution in [0.2, 0.25) is 0 Å². The summed E-state index contributed by atoms with van der Waals surface area (Å²) in [6.45, 7) is 0. The van der Waals surface area contributed by atoms with Gasteiger partial charge in [-0.05, 0) is 28.5 Å². The molecule has 1 aliphatic carbocycles. The second kappa shape index (κ2) is 3.83. The van der Waals surface area contributed by atoms with Crippen LogP contribution in [0.3, 0.4) is 0 Å². The first-order valence-corrected chi connectivity index (χ1v) is 4.64. The first-order chi connectivity index (χ1) is 7.11. The van der Waals surface area contributed by atoms with Gasteiger partial charge in [-0.25, -0.2) is 0 Å². The first kappa shape index (κ1) is 10.4. The minimum Gasteiger partial charge on any atom is -0.423 e. The van der Waals surface area contributed by atoms with Gasteiger partial charge >= 0.3 is 14.2 Å². The Balaban J connectivity index is 2.53. The monoisotopic (exact) mass is 204 g/mol. The lowest BCUT2D eigenvalue weighted by Gasteiger charge is -2.06. The fraction of sp³-hybridized carbons (Fsp3) is 0.111. The van der Waals surface area contributed by atoms with E-state index in [4.69, 9.17) is 10.0 Å². The van der Waals surface area contributed by atoms with E-state index in [2.05, 4.69) is 0 Å². The zero-order valence-corrected chi connectivity index (χ0v) is 7.96. The lowest BCUT2D eigenvalue weighted by atomic mass is 9.66. The highest BCUT2D eigenvalue weighted by molar-refractivity contribution is 6.71. The molecule has 0 atom stereocenters. The summed E-state index contributed by atoms with van der Waals surface area (Å²) in [6.07, 6.45) is 0.348. The van der Waals surface area contributed by atoms with Crippen LogP contribution in [-0.2, 0) is 6.42 Å². The molecule has 6 heteroatoms. The highest BCUT2D eigenvalue weighted by Gasteiger charge is 2.33. The van der Waals surface area contributed by atoms with Gasteiger partial charge in [0.1, 0.15) is 0 Å². The molecule has 0 radical (unpaired) electrons. The zero-order chi connectivity index (χ0) is 11.0. The van der Waals surface area contributed by atoms with Crippen LogP contribution in [0.5, 0.6) is 0 Å². The highest BCUT2D eigenvalue weighted by Crippen LogP contribution is 2.33. The Morgan fingerprint density at radius 3 is 2.20 bits per heavy atom. The van der Waals surface area contributed by atoms with E-state index in [0.29, 0.717) is 12.0 Å². The van der Waals surface area contributed by atoms with Crippen molar-refractivity contribution in [1.82, 2.24) is 0 Å². The van der Waals surface area contributed by atoms with Crippen LogP contribution in [-0.4, -0.2) is 34.3 Å². The van der Waals surface area contributed by atoms with E-state index < -0.39 is 14.2 Å². The van der Waals surface area contributed by atoms with Crippen LogP contribution in [0, 0.1) is 0 Å². The molecule has 76 valence electrons. The molecule has 0 spiro atoms. The summed E-state index contributed by atoms with van der Waals surface area (Å²) in [4.78, 5) is 0. The topological polar surface area (TPSA) is 80.9 Å². The van der Waals surface area contributed by atoms with Crippen LogP contribution in [0.25, 0.3) is 5.47 Å². The SMILES string of the molecule is OB(O)C1=C(B(O)O)c2ccccc2C1. The third kappa shape index (κ3) is 1.72. The minimum absolute atomic E-state index is 0.209. The predicted octanol–water partition coefficient (Wildman–Crippen LogP) is -0.980. The molecule has 0 bridgehead atoms. The molecule has 1 aromatic carbocycles. The van der Waals surface area contributed by atoms with Crippen molar-refractivity contribution in [3.8, 4) is 0 Å². The van der Waals surface area contributed by atoms with Crippen molar-refractivity contribution >= 4 is 19.7 Å².